The molecule has 0 saturated carbocycles. The van der Waals surface area contributed by atoms with E-state index in [4.69, 9.17) is 0 Å². The van der Waals surface area contributed by atoms with E-state index in [0.717, 1.165) is 12.3 Å². The van der Waals surface area contributed by atoms with Gasteiger partial charge in [0, 0.05) is 12.4 Å². The molecule has 0 aliphatic rings. The van der Waals surface area contributed by atoms with Crippen molar-refractivity contribution >= 4 is 17.5 Å². The van der Waals surface area contributed by atoms with Crippen LogP contribution in [0.4, 0.5) is 13.2 Å². The summed E-state index contributed by atoms with van der Waals surface area (Å²) >= 11 is 1.35. The molecule has 0 aliphatic heterocycles. The van der Waals surface area contributed by atoms with Gasteiger partial charge in [0.25, 0.3) is 5.78 Å². The zero-order chi connectivity index (χ0) is 15.0. The van der Waals surface area contributed by atoms with E-state index >= 15 is 0 Å². The average Bonchev–Trinajstić information content (AvgIpc) is 2.89. The first kappa shape index (κ1) is 13.8. The summed E-state index contributed by atoms with van der Waals surface area (Å²) in [6, 6.07) is 3.92. The van der Waals surface area contributed by atoms with Crippen molar-refractivity contribution in [1.29, 1.82) is 0 Å². The van der Waals surface area contributed by atoms with E-state index in [2.05, 4.69) is 20.1 Å². The summed E-state index contributed by atoms with van der Waals surface area (Å²) in [6.45, 7) is 0. The van der Waals surface area contributed by atoms with Gasteiger partial charge in [0.15, 0.2) is 0 Å². The predicted octanol–water partition coefficient (Wildman–Crippen LogP) is 2.93. The second-order valence-electron chi connectivity index (χ2n) is 4.07. The Morgan fingerprint density at radius 1 is 1.14 bits per heavy atom. The molecule has 3 aromatic heterocycles. The van der Waals surface area contributed by atoms with Crippen LogP contribution in [-0.4, -0.2) is 30.8 Å². The third-order valence-corrected chi connectivity index (χ3v) is 3.30. The van der Waals surface area contributed by atoms with Gasteiger partial charge >= 0.3 is 6.18 Å². The highest BCUT2D eigenvalue weighted by atomic mass is 32.2. The lowest BCUT2D eigenvalue weighted by molar-refractivity contribution is -0.137. The lowest BCUT2D eigenvalue weighted by Crippen LogP contribution is -2.06. The Balaban J connectivity index is 2.10. The molecule has 21 heavy (non-hydrogen) atoms. The SMILES string of the molecule is CSc1nc2nccc(-c3ccc(C(F)(F)F)cn3)n2n1. The maximum absolute atomic E-state index is 12.5. The molecule has 0 N–H and O–H groups in total. The number of alkyl halides is 3. The minimum Gasteiger partial charge on any atom is -0.254 e. The highest BCUT2D eigenvalue weighted by Gasteiger charge is 2.30. The summed E-state index contributed by atoms with van der Waals surface area (Å²) in [5, 5.41) is 4.75. The maximum Gasteiger partial charge on any atom is 0.417 e. The Bertz CT molecular complexity index is 782. The topological polar surface area (TPSA) is 56.0 Å². The first-order valence-electron chi connectivity index (χ1n) is 5.78. The smallest absolute Gasteiger partial charge is 0.254 e. The summed E-state index contributed by atoms with van der Waals surface area (Å²) in [7, 11) is 0. The molecule has 0 fully saturated rings. The van der Waals surface area contributed by atoms with Gasteiger partial charge in [-0.1, -0.05) is 11.8 Å². The van der Waals surface area contributed by atoms with Crippen molar-refractivity contribution in [3.05, 3.63) is 36.2 Å². The number of pyridine rings is 1. The molecular formula is C12H8F3N5S. The number of nitrogens with zero attached hydrogens (tertiary/aromatic N) is 5. The second-order valence-corrected chi connectivity index (χ2v) is 4.84. The summed E-state index contributed by atoms with van der Waals surface area (Å²) in [6.07, 6.45) is -0.264. The summed E-state index contributed by atoms with van der Waals surface area (Å²) in [5.41, 5.74) is 0.106. The van der Waals surface area contributed by atoms with Crippen LogP contribution < -0.4 is 0 Å². The van der Waals surface area contributed by atoms with Gasteiger partial charge in [-0.25, -0.2) is 4.98 Å². The van der Waals surface area contributed by atoms with Crippen molar-refractivity contribution in [3.63, 3.8) is 0 Å². The van der Waals surface area contributed by atoms with E-state index in [1.807, 2.05) is 6.26 Å². The minimum absolute atomic E-state index is 0.368. The Kier molecular flexibility index (Phi) is 3.28. The highest BCUT2D eigenvalue weighted by Crippen LogP contribution is 2.29. The number of fused-ring (bicyclic) bond motifs is 1. The Morgan fingerprint density at radius 2 is 1.95 bits per heavy atom. The molecule has 108 valence electrons. The maximum atomic E-state index is 12.5. The van der Waals surface area contributed by atoms with Gasteiger partial charge in [-0.2, -0.15) is 22.7 Å². The van der Waals surface area contributed by atoms with Gasteiger partial charge < -0.3 is 0 Å². The minimum atomic E-state index is -4.40. The van der Waals surface area contributed by atoms with Gasteiger partial charge in [-0.15, -0.1) is 5.10 Å². The predicted molar refractivity (Wildman–Crippen MR) is 70.8 cm³/mol. The molecule has 0 atom stereocenters. The Hall–Kier alpha value is -2.16. The van der Waals surface area contributed by atoms with Crippen LogP contribution in [0, 0.1) is 0 Å². The van der Waals surface area contributed by atoms with E-state index in [-0.39, 0.29) is 0 Å². The number of rotatable bonds is 2. The highest BCUT2D eigenvalue weighted by molar-refractivity contribution is 7.98. The molecule has 5 nitrogen and oxygen atoms in total. The van der Waals surface area contributed by atoms with Crippen LogP contribution in [0.2, 0.25) is 0 Å². The van der Waals surface area contributed by atoms with Crippen molar-refractivity contribution in [2.24, 2.45) is 0 Å². The van der Waals surface area contributed by atoms with E-state index in [1.165, 1.54) is 28.5 Å². The third kappa shape index (κ3) is 2.56. The fraction of sp³-hybridized carbons (Fsp3) is 0.167. The monoisotopic (exact) mass is 311 g/mol. The van der Waals surface area contributed by atoms with Gasteiger partial charge in [0.05, 0.1) is 17.0 Å². The number of hydrogen-bond donors (Lipinski definition) is 0. The molecule has 0 radical (unpaired) electrons. The van der Waals surface area contributed by atoms with Crippen LogP contribution >= 0.6 is 11.8 Å². The first-order valence-corrected chi connectivity index (χ1v) is 7.01. The zero-order valence-electron chi connectivity index (χ0n) is 10.7. The van der Waals surface area contributed by atoms with Crippen LogP contribution in [0.25, 0.3) is 17.2 Å². The number of halogens is 3. The summed E-state index contributed by atoms with van der Waals surface area (Å²) < 4.78 is 39.1. The van der Waals surface area contributed by atoms with Crippen molar-refractivity contribution < 1.29 is 13.2 Å². The second kappa shape index (κ2) is 4.99. The molecule has 9 heteroatoms. The quantitative estimate of drug-likeness (QED) is 0.681. The molecule has 0 aliphatic carbocycles. The molecule has 0 saturated heterocycles. The van der Waals surface area contributed by atoms with E-state index < -0.39 is 11.7 Å². The molecule has 0 amide bonds. The fourth-order valence-corrected chi connectivity index (χ4v) is 2.11. The van der Waals surface area contributed by atoms with Gasteiger partial charge in [0.2, 0.25) is 5.16 Å². The van der Waals surface area contributed by atoms with Crippen LogP contribution in [-0.2, 0) is 6.18 Å². The first-order chi connectivity index (χ1) is 9.99. The number of thioether (sulfide) groups is 1. The molecule has 0 bridgehead atoms. The van der Waals surface area contributed by atoms with Crippen molar-refractivity contribution in [2.45, 2.75) is 11.3 Å². The Morgan fingerprint density at radius 3 is 2.57 bits per heavy atom. The van der Waals surface area contributed by atoms with Crippen LogP contribution in [0.1, 0.15) is 5.56 Å². The summed E-state index contributed by atoms with van der Waals surface area (Å²) in [5.74, 6) is 0.374. The standard InChI is InChI=1S/C12H8F3N5S/c1-21-11-18-10-16-5-4-9(20(10)19-11)8-3-2-7(6-17-8)12(13,14)15/h2-6H,1H3. The molecule has 3 aromatic rings. The van der Waals surface area contributed by atoms with E-state index in [1.54, 1.807) is 6.07 Å². The van der Waals surface area contributed by atoms with Gasteiger partial charge in [-0.05, 0) is 24.5 Å². The van der Waals surface area contributed by atoms with Crippen molar-refractivity contribution in [2.75, 3.05) is 6.26 Å². The summed E-state index contributed by atoms with van der Waals surface area (Å²) in [4.78, 5) is 12.1. The number of hydrogen-bond acceptors (Lipinski definition) is 5. The molecule has 3 heterocycles. The zero-order valence-corrected chi connectivity index (χ0v) is 11.5. The van der Waals surface area contributed by atoms with Crippen LogP contribution in [0.3, 0.4) is 0 Å². The van der Waals surface area contributed by atoms with Gasteiger partial charge in [0.1, 0.15) is 0 Å². The molecule has 0 unspecified atom stereocenters. The molecular weight excluding hydrogens is 303 g/mol. The van der Waals surface area contributed by atoms with Gasteiger partial charge in [-0.3, -0.25) is 4.98 Å². The lowest BCUT2D eigenvalue weighted by atomic mass is 10.2. The van der Waals surface area contributed by atoms with Crippen LogP contribution in [0.15, 0.2) is 35.7 Å². The van der Waals surface area contributed by atoms with Crippen molar-refractivity contribution in [3.8, 4) is 11.4 Å². The van der Waals surface area contributed by atoms with Crippen molar-refractivity contribution in [1.82, 2.24) is 24.6 Å². The normalized spacial score (nSPS) is 12.0. The lowest BCUT2D eigenvalue weighted by Gasteiger charge is -2.07. The average molecular weight is 311 g/mol. The number of aromatic nitrogens is 5. The molecule has 3 rings (SSSR count). The Labute approximate surface area is 121 Å². The largest absolute Gasteiger partial charge is 0.417 e. The molecule has 0 aromatic carbocycles. The van der Waals surface area contributed by atoms with Crippen LogP contribution in [0.5, 0.6) is 0 Å². The third-order valence-electron chi connectivity index (χ3n) is 2.76. The fourth-order valence-electron chi connectivity index (χ4n) is 1.77. The molecule has 0 spiro atoms. The van der Waals surface area contributed by atoms with E-state index in [0.29, 0.717) is 22.3 Å². The van der Waals surface area contributed by atoms with E-state index in [9.17, 15) is 13.2 Å².